The lowest BCUT2D eigenvalue weighted by molar-refractivity contribution is 0.0951. The molecule has 0 aromatic heterocycles. The lowest BCUT2D eigenvalue weighted by atomic mass is 9.75. The Bertz CT molecular complexity index is 446. The van der Waals surface area contributed by atoms with Crippen molar-refractivity contribution >= 4 is 5.91 Å². The molecule has 1 aromatic rings. The van der Waals surface area contributed by atoms with Crippen LogP contribution in [0.2, 0.25) is 0 Å². The molecule has 0 heterocycles. The van der Waals surface area contributed by atoms with Crippen LogP contribution in [-0.2, 0) is 5.41 Å². The van der Waals surface area contributed by atoms with Crippen molar-refractivity contribution in [2.45, 2.75) is 51.9 Å². The lowest BCUT2D eigenvalue weighted by Gasteiger charge is -2.29. The topological polar surface area (TPSA) is 75.3 Å². The smallest absolute Gasteiger partial charge is 0.268 e. The minimum atomic E-state index is -0.465. The summed E-state index contributed by atoms with van der Waals surface area (Å²) in [4.78, 5) is 11.6. The Kier molecular flexibility index (Phi) is 5.36. The van der Waals surface area contributed by atoms with E-state index >= 15 is 0 Å². The molecule has 0 radical (unpaired) electrons. The van der Waals surface area contributed by atoms with Crippen LogP contribution in [0.15, 0.2) is 18.2 Å². The molecule has 0 aliphatic carbocycles. The number of hydrazine groups is 1. The lowest BCUT2D eigenvalue weighted by Crippen LogP contribution is -2.30. The van der Waals surface area contributed by atoms with E-state index in [1.807, 2.05) is 6.07 Å². The molecule has 1 rings (SSSR count). The van der Waals surface area contributed by atoms with Crippen molar-refractivity contribution in [3.63, 3.8) is 0 Å². The van der Waals surface area contributed by atoms with Crippen LogP contribution in [0.25, 0.3) is 0 Å². The number of nitrogen functional groups attached to an aromatic ring is 1. The minimum Gasteiger partial charge on any atom is -0.507 e. The molecule has 0 fully saturated rings. The maximum absolute atomic E-state index is 11.6. The molecule has 4 heteroatoms. The van der Waals surface area contributed by atoms with Gasteiger partial charge in [-0.15, -0.1) is 0 Å². The molecule has 1 aromatic carbocycles. The first-order valence-electron chi connectivity index (χ1n) is 6.83. The molecular weight excluding hydrogens is 240 g/mol. The number of hydrogen-bond acceptors (Lipinski definition) is 3. The van der Waals surface area contributed by atoms with Crippen LogP contribution in [0.3, 0.4) is 0 Å². The Labute approximate surface area is 115 Å². The van der Waals surface area contributed by atoms with Gasteiger partial charge in [-0.1, -0.05) is 39.7 Å². The van der Waals surface area contributed by atoms with E-state index in [1.54, 1.807) is 12.1 Å². The monoisotopic (exact) mass is 264 g/mol. The predicted molar refractivity (Wildman–Crippen MR) is 76.9 cm³/mol. The summed E-state index contributed by atoms with van der Waals surface area (Å²) in [5.74, 6) is 4.63. The van der Waals surface area contributed by atoms with Crippen LogP contribution in [-0.4, -0.2) is 11.0 Å². The highest BCUT2D eigenvalue weighted by molar-refractivity contribution is 5.96. The molecular formula is C15H24N2O2. The Morgan fingerprint density at radius 3 is 2.63 bits per heavy atom. The summed E-state index contributed by atoms with van der Waals surface area (Å²) in [6, 6.07) is 5.21. The molecule has 0 saturated carbocycles. The second-order valence-corrected chi connectivity index (χ2v) is 5.22. The summed E-state index contributed by atoms with van der Waals surface area (Å²) in [5, 5.41) is 9.73. The maximum atomic E-state index is 11.6. The number of amides is 1. The van der Waals surface area contributed by atoms with E-state index < -0.39 is 5.91 Å². The summed E-state index contributed by atoms with van der Waals surface area (Å²) in [7, 11) is 0. The standard InChI is InChI=1S/C15H24N2O2/c1-4-6-9-15(3,5-2)11-7-8-13(18)12(10-11)14(19)17-16/h7-8,10,18H,4-6,9,16H2,1-3H3,(H,17,19). The van der Waals surface area contributed by atoms with E-state index in [4.69, 9.17) is 5.84 Å². The van der Waals surface area contributed by atoms with Crippen molar-refractivity contribution in [3.05, 3.63) is 29.3 Å². The van der Waals surface area contributed by atoms with Gasteiger partial charge in [-0.2, -0.15) is 0 Å². The van der Waals surface area contributed by atoms with E-state index in [0.29, 0.717) is 0 Å². The summed E-state index contributed by atoms with van der Waals surface area (Å²) in [6.45, 7) is 6.50. The molecule has 1 atom stereocenters. The van der Waals surface area contributed by atoms with Gasteiger partial charge >= 0.3 is 0 Å². The molecule has 106 valence electrons. The highest BCUT2D eigenvalue weighted by Crippen LogP contribution is 2.35. The van der Waals surface area contributed by atoms with Crippen molar-refractivity contribution in [1.82, 2.24) is 5.43 Å². The molecule has 1 amide bonds. The van der Waals surface area contributed by atoms with Crippen molar-refractivity contribution in [2.24, 2.45) is 5.84 Å². The van der Waals surface area contributed by atoms with Gasteiger partial charge in [-0.3, -0.25) is 10.2 Å². The van der Waals surface area contributed by atoms with E-state index in [9.17, 15) is 9.90 Å². The van der Waals surface area contributed by atoms with Crippen LogP contribution in [0.1, 0.15) is 62.4 Å². The van der Waals surface area contributed by atoms with Gasteiger partial charge in [0.1, 0.15) is 5.75 Å². The van der Waals surface area contributed by atoms with Crippen molar-refractivity contribution in [2.75, 3.05) is 0 Å². The number of unbranched alkanes of at least 4 members (excludes halogenated alkanes) is 1. The number of carbonyl (C=O) groups excluding carboxylic acids is 1. The van der Waals surface area contributed by atoms with Crippen molar-refractivity contribution in [1.29, 1.82) is 0 Å². The number of phenols is 1. The third-order valence-electron chi connectivity index (χ3n) is 3.93. The minimum absolute atomic E-state index is 0.0212. The predicted octanol–water partition coefficient (Wildman–Crippen LogP) is 2.85. The van der Waals surface area contributed by atoms with E-state index in [-0.39, 0.29) is 16.7 Å². The zero-order chi connectivity index (χ0) is 14.5. The fraction of sp³-hybridized carbons (Fsp3) is 0.533. The SMILES string of the molecule is CCCCC(C)(CC)c1ccc(O)c(C(=O)NN)c1. The quantitative estimate of drug-likeness (QED) is 0.420. The largest absolute Gasteiger partial charge is 0.507 e. The van der Waals surface area contributed by atoms with E-state index in [2.05, 4.69) is 26.2 Å². The summed E-state index contributed by atoms with van der Waals surface area (Å²) in [5.41, 5.74) is 3.39. The highest BCUT2D eigenvalue weighted by atomic mass is 16.3. The normalized spacial score (nSPS) is 13.9. The Hall–Kier alpha value is -1.55. The third kappa shape index (κ3) is 3.47. The van der Waals surface area contributed by atoms with Gasteiger partial charge < -0.3 is 5.11 Å². The fourth-order valence-electron chi connectivity index (χ4n) is 2.26. The van der Waals surface area contributed by atoms with Crippen LogP contribution >= 0.6 is 0 Å². The average Bonchev–Trinajstić information content (AvgIpc) is 2.44. The van der Waals surface area contributed by atoms with Crippen LogP contribution in [0.4, 0.5) is 0 Å². The molecule has 1 unspecified atom stereocenters. The summed E-state index contributed by atoms with van der Waals surface area (Å²) < 4.78 is 0. The summed E-state index contributed by atoms with van der Waals surface area (Å²) in [6.07, 6.45) is 4.34. The van der Waals surface area contributed by atoms with Gasteiger partial charge in [0, 0.05) is 0 Å². The zero-order valence-corrected chi connectivity index (χ0v) is 12.0. The van der Waals surface area contributed by atoms with E-state index in [1.165, 1.54) is 0 Å². The first-order chi connectivity index (χ1) is 8.98. The van der Waals surface area contributed by atoms with Crippen molar-refractivity contribution < 1.29 is 9.90 Å². The third-order valence-corrected chi connectivity index (χ3v) is 3.93. The Morgan fingerprint density at radius 2 is 2.11 bits per heavy atom. The van der Waals surface area contributed by atoms with Crippen LogP contribution in [0, 0.1) is 0 Å². The molecule has 0 aliphatic heterocycles. The van der Waals surface area contributed by atoms with E-state index in [0.717, 1.165) is 31.2 Å². The molecule has 0 aliphatic rings. The Balaban J connectivity index is 3.15. The highest BCUT2D eigenvalue weighted by Gasteiger charge is 2.25. The number of aromatic hydroxyl groups is 1. The number of nitrogens with two attached hydrogens (primary N) is 1. The second-order valence-electron chi connectivity index (χ2n) is 5.22. The van der Waals surface area contributed by atoms with Crippen LogP contribution < -0.4 is 11.3 Å². The van der Waals surface area contributed by atoms with Gasteiger partial charge in [0.15, 0.2) is 0 Å². The molecule has 19 heavy (non-hydrogen) atoms. The van der Waals surface area contributed by atoms with Crippen molar-refractivity contribution in [3.8, 4) is 5.75 Å². The van der Waals surface area contributed by atoms with Gasteiger partial charge in [-0.25, -0.2) is 5.84 Å². The molecule has 0 spiro atoms. The average molecular weight is 264 g/mol. The molecule has 0 bridgehead atoms. The number of nitrogens with one attached hydrogen (secondary N) is 1. The van der Waals surface area contributed by atoms with Gasteiger partial charge in [-0.05, 0) is 36.0 Å². The van der Waals surface area contributed by atoms with Crippen LogP contribution in [0.5, 0.6) is 5.75 Å². The van der Waals surface area contributed by atoms with Gasteiger partial charge in [0.05, 0.1) is 5.56 Å². The number of phenolic OH excluding ortho intramolecular Hbond substituents is 1. The molecule has 4 N–H and O–H groups in total. The first-order valence-corrected chi connectivity index (χ1v) is 6.83. The second kappa shape index (κ2) is 6.57. The number of benzene rings is 1. The zero-order valence-electron chi connectivity index (χ0n) is 12.0. The number of carbonyl (C=O) groups is 1. The van der Waals surface area contributed by atoms with Gasteiger partial charge in [0.25, 0.3) is 5.91 Å². The number of hydrogen-bond donors (Lipinski definition) is 3. The summed E-state index contributed by atoms with van der Waals surface area (Å²) >= 11 is 0. The number of rotatable bonds is 6. The van der Waals surface area contributed by atoms with Gasteiger partial charge in [0.2, 0.25) is 0 Å². The maximum Gasteiger partial charge on any atom is 0.268 e. The molecule has 0 saturated heterocycles. The Morgan fingerprint density at radius 1 is 1.42 bits per heavy atom. The first kappa shape index (κ1) is 15.5. The molecule has 4 nitrogen and oxygen atoms in total. The fourth-order valence-corrected chi connectivity index (χ4v) is 2.26.